The van der Waals surface area contributed by atoms with Crippen LogP contribution in [0.25, 0.3) is 0 Å². The van der Waals surface area contributed by atoms with E-state index < -0.39 is 0 Å². The van der Waals surface area contributed by atoms with Gasteiger partial charge in [0.15, 0.2) is 0 Å². The van der Waals surface area contributed by atoms with Crippen LogP contribution in [-0.2, 0) is 6.42 Å². The van der Waals surface area contributed by atoms with Crippen LogP contribution in [0, 0.1) is 5.92 Å². The molecule has 1 nitrogen and oxygen atoms in total. The second-order valence-corrected chi connectivity index (χ2v) is 3.72. The molecule has 1 aromatic carbocycles. The molecule has 0 heterocycles. The highest BCUT2D eigenvalue weighted by atomic mass is 14.6. The summed E-state index contributed by atoms with van der Waals surface area (Å²) in [6.45, 7) is 4.30. The second kappa shape index (κ2) is 5.03. The van der Waals surface area contributed by atoms with Crippen LogP contribution in [0.3, 0.4) is 0 Å². The highest BCUT2D eigenvalue weighted by Crippen LogP contribution is 2.14. The first-order valence-corrected chi connectivity index (χ1v) is 5.03. The molecule has 0 saturated heterocycles. The lowest BCUT2D eigenvalue weighted by atomic mass is 9.91. The Morgan fingerprint density at radius 2 is 1.85 bits per heavy atom. The summed E-state index contributed by atoms with van der Waals surface area (Å²) >= 11 is 0. The average molecular weight is 177 g/mol. The Morgan fingerprint density at radius 3 is 2.31 bits per heavy atom. The zero-order chi connectivity index (χ0) is 9.68. The van der Waals surface area contributed by atoms with E-state index in [4.69, 9.17) is 5.73 Å². The molecule has 0 spiro atoms. The van der Waals surface area contributed by atoms with E-state index >= 15 is 0 Å². The van der Waals surface area contributed by atoms with Crippen LogP contribution in [0.1, 0.15) is 25.8 Å². The molecule has 0 aliphatic rings. The van der Waals surface area contributed by atoms with E-state index in [0.29, 0.717) is 12.0 Å². The summed E-state index contributed by atoms with van der Waals surface area (Å²) < 4.78 is 0. The van der Waals surface area contributed by atoms with Gasteiger partial charge in [0.1, 0.15) is 0 Å². The quantitative estimate of drug-likeness (QED) is 0.751. The zero-order valence-electron chi connectivity index (χ0n) is 8.53. The molecule has 1 aromatic rings. The van der Waals surface area contributed by atoms with Crippen molar-refractivity contribution in [2.24, 2.45) is 11.7 Å². The van der Waals surface area contributed by atoms with Gasteiger partial charge in [-0.1, -0.05) is 43.7 Å². The summed E-state index contributed by atoms with van der Waals surface area (Å²) in [6.07, 6.45) is 2.27. The smallest absolute Gasteiger partial charge is 0.00418 e. The van der Waals surface area contributed by atoms with Gasteiger partial charge in [-0.3, -0.25) is 0 Å². The highest BCUT2D eigenvalue weighted by molar-refractivity contribution is 5.15. The number of hydrogen-bond donors (Lipinski definition) is 1. The van der Waals surface area contributed by atoms with Gasteiger partial charge in [0.2, 0.25) is 0 Å². The van der Waals surface area contributed by atoms with Gasteiger partial charge in [-0.15, -0.1) is 0 Å². The van der Waals surface area contributed by atoms with Crippen molar-refractivity contribution >= 4 is 0 Å². The fourth-order valence-electron chi connectivity index (χ4n) is 1.62. The SMILES string of the molecule is CC[C@@H](Cc1ccccc1)[C@H](C)N. The minimum absolute atomic E-state index is 0.296. The third-order valence-corrected chi connectivity index (χ3v) is 2.61. The van der Waals surface area contributed by atoms with Crippen LogP contribution in [0.4, 0.5) is 0 Å². The predicted molar refractivity (Wildman–Crippen MR) is 57.6 cm³/mol. The molecular formula is C12H19N. The minimum Gasteiger partial charge on any atom is -0.328 e. The van der Waals surface area contributed by atoms with E-state index in [0.717, 1.165) is 12.8 Å². The van der Waals surface area contributed by atoms with E-state index in [9.17, 15) is 0 Å². The van der Waals surface area contributed by atoms with Gasteiger partial charge in [0.25, 0.3) is 0 Å². The van der Waals surface area contributed by atoms with Crippen molar-refractivity contribution in [3.05, 3.63) is 35.9 Å². The summed E-state index contributed by atoms with van der Waals surface area (Å²) in [7, 11) is 0. The molecule has 0 saturated carbocycles. The molecule has 0 aliphatic heterocycles. The first-order chi connectivity index (χ1) is 6.24. The predicted octanol–water partition coefficient (Wildman–Crippen LogP) is 2.60. The first kappa shape index (κ1) is 10.3. The Balaban J connectivity index is 2.57. The van der Waals surface area contributed by atoms with Crippen molar-refractivity contribution in [2.45, 2.75) is 32.7 Å². The molecule has 0 unspecified atom stereocenters. The van der Waals surface area contributed by atoms with Gasteiger partial charge in [-0.05, 0) is 24.8 Å². The van der Waals surface area contributed by atoms with Crippen molar-refractivity contribution < 1.29 is 0 Å². The van der Waals surface area contributed by atoms with Crippen LogP contribution < -0.4 is 5.73 Å². The largest absolute Gasteiger partial charge is 0.328 e. The molecule has 0 fully saturated rings. The Morgan fingerprint density at radius 1 is 1.23 bits per heavy atom. The van der Waals surface area contributed by atoms with Gasteiger partial charge in [-0.2, -0.15) is 0 Å². The molecule has 1 heteroatoms. The van der Waals surface area contributed by atoms with Gasteiger partial charge < -0.3 is 5.73 Å². The lowest BCUT2D eigenvalue weighted by molar-refractivity contribution is 0.428. The topological polar surface area (TPSA) is 26.0 Å². The van der Waals surface area contributed by atoms with Gasteiger partial charge in [0, 0.05) is 6.04 Å². The molecule has 2 atom stereocenters. The van der Waals surface area contributed by atoms with E-state index in [2.05, 4.69) is 44.2 Å². The van der Waals surface area contributed by atoms with Gasteiger partial charge >= 0.3 is 0 Å². The first-order valence-electron chi connectivity index (χ1n) is 5.03. The maximum Gasteiger partial charge on any atom is 0.00418 e. The summed E-state index contributed by atoms with van der Waals surface area (Å²) in [4.78, 5) is 0. The fourth-order valence-corrected chi connectivity index (χ4v) is 1.62. The maximum atomic E-state index is 5.90. The molecule has 2 N–H and O–H groups in total. The average Bonchev–Trinajstić information content (AvgIpc) is 2.15. The lowest BCUT2D eigenvalue weighted by Gasteiger charge is -2.18. The van der Waals surface area contributed by atoms with Crippen molar-refractivity contribution in [1.82, 2.24) is 0 Å². The molecule has 0 amide bonds. The lowest BCUT2D eigenvalue weighted by Crippen LogP contribution is -2.27. The fraction of sp³-hybridized carbons (Fsp3) is 0.500. The number of rotatable bonds is 4. The Hall–Kier alpha value is -0.820. The van der Waals surface area contributed by atoms with Crippen LogP contribution in [0.2, 0.25) is 0 Å². The van der Waals surface area contributed by atoms with Crippen molar-refractivity contribution in [3.8, 4) is 0 Å². The second-order valence-electron chi connectivity index (χ2n) is 3.72. The number of hydrogen-bond acceptors (Lipinski definition) is 1. The van der Waals surface area contributed by atoms with Crippen LogP contribution >= 0.6 is 0 Å². The van der Waals surface area contributed by atoms with Crippen molar-refractivity contribution in [1.29, 1.82) is 0 Å². The Kier molecular flexibility index (Phi) is 3.97. The molecule has 72 valence electrons. The Bertz CT molecular complexity index is 228. The molecular weight excluding hydrogens is 158 g/mol. The van der Waals surface area contributed by atoms with E-state index in [1.54, 1.807) is 0 Å². The van der Waals surface area contributed by atoms with Crippen LogP contribution in [0.5, 0.6) is 0 Å². The normalized spacial score (nSPS) is 15.3. The molecule has 1 rings (SSSR count). The van der Waals surface area contributed by atoms with E-state index in [1.807, 2.05) is 0 Å². The third-order valence-electron chi connectivity index (χ3n) is 2.61. The molecule has 0 aliphatic carbocycles. The van der Waals surface area contributed by atoms with Gasteiger partial charge in [0.05, 0.1) is 0 Å². The highest BCUT2D eigenvalue weighted by Gasteiger charge is 2.11. The zero-order valence-corrected chi connectivity index (χ0v) is 8.53. The van der Waals surface area contributed by atoms with E-state index in [1.165, 1.54) is 5.56 Å². The molecule has 0 aromatic heterocycles. The maximum absolute atomic E-state index is 5.90. The van der Waals surface area contributed by atoms with Crippen molar-refractivity contribution in [3.63, 3.8) is 0 Å². The molecule has 0 radical (unpaired) electrons. The summed E-state index contributed by atoms with van der Waals surface area (Å²) in [5, 5.41) is 0. The summed E-state index contributed by atoms with van der Waals surface area (Å²) in [5.74, 6) is 0.613. The molecule has 13 heavy (non-hydrogen) atoms. The summed E-state index contributed by atoms with van der Waals surface area (Å²) in [6, 6.07) is 10.9. The monoisotopic (exact) mass is 177 g/mol. The summed E-state index contributed by atoms with van der Waals surface area (Å²) in [5.41, 5.74) is 7.29. The van der Waals surface area contributed by atoms with E-state index in [-0.39, 0.29) is 0 Å². The molecule has 0 bridgehead atoms. The number of nitrogens with two attached hydrogens (primary N) is 1. The standard InChI is InChI=1S/C12H19N/c1-3-12(10(2)13)9-11-7-5-4-6-8-11/h4-8,10,12H,3,9,13H2,1-2H3/t10-,12-/m0/s1. The van der Waals surface area contributed by atoms with Crippen LogP contribution in [0.15, 0.2) is 30.3 Å². The van der Waals surface area contributed by atoms with Crippen molar-refractivity contribution in [2.75, 3.05) is 0 Å². The number of benzene rings is 1. The third kappa shape index (κ3) is 3.19. The van der Waals surface area contributed by atoms with Crippen LogP contribution in [-0.4, -0.2) is 6.04 Å². The van der Waals surface area contributed by atoms with Gasteiger partial charge in [-0.25, -0.2) is 0 Å². The Labute approximate surface area is 81.0 Å². The minimum atomic E-state index is 0.296.